The molecule has 2 N–H and O–H groups in total. The van der Waals surface area contributed by atoms with Crippen LogP contribution in [-0.2, 0) is 0 Å². The number of amides is 1. The minimum Gasteiger partial charge on any atom is -0.369 e. The number of likely N-dealkylation sites (N-methyl/N-ethyl adjacent to an activating group) is 1. The van der Waals surface area contributed by atoms with Crippen molar-refractivity contribution in [2.45, 2.75) is 13.8 Å². The maximum atomic E-state index is 12.5. The van der Waals surface area contributed by atoms with Crippen LogP contribution in [0, 0.1) is 13.8 Å². The highest BCUT2D eigenvalue weighted by molar-refractivity contribution is 9.10. The van der Waals surface area contributed by atoms with Crippen molar-refractivity contribution in [1.82, 2.24) is 14.9 Å². The van der Waals surface area contributed by atoms with Crippen LogP contribution in [0.5, 0.6) is 0 Å². The molecule has 1 amide bonds. The number of halogens is 1. The van der Waals surface area contributed by atoms with Crippen molar-refractivity contribution in [2.75, 3.05) is 37.8 Å². The molecule has 0 atom stereocenters. The number of rotatable bonds is 6. The number of hydrogen-bond donors (Lipinski definition) is 2. The average Bonchev–Trinajstić information content (AvgIpc) is 2.49. The van der Waals surface area contributed by atoms with Gasteiger partial charge in [-0.25, -0.2) is 9.97 Å². The molecule has 128 valence electrons. The van der Waals surface area contributed by atoms with E-state index in [-0.39, 0.29) is 5.91 Å². The predicted octanol–water partition coefficient (Wildman–Crippen LogP) is 3.08. The number of nitrogens with one attached hydrogen (secondary N) is 2. The molecule has 0 aliphatic rings. The Morgan fingerprint density at radius 1 is 1.21 bits per heavy atom. The Morgan fingerprint density at radius 2 is 1.96 bits per heavy atom. The standard InChI is InChI=1S/C17H22BrN5O/c1-11-9-13(18)5-6-14(11)22-17(24)15-10-16(21-12(2)20-15)19-7-8-23(3)4/h5-6,9-10H,7-8H2,1-4H3,(H,22,24)(H,19,20,21). The molecule has 1 aromatic heterocycles. The SMILES string of the molecule is Cc1nc(NCCN(C)C)cc(C(=O)Nc2ccc(Br)cc2C)n1. The fraction of sp³-hybridized carbons (Fsp3) is 0.353. The van der Waals surface area contributed by atoms with Gasteiger partial charge in [0.25, 0.3) is 5.91 Å². The third-order valence-corrected chi connectivity index (χ3v) is 3.87. The smallest absolute Gasteiger partial charge is 0.274 e. The summed E-state index contributed by atoms with van der Waals surface area (Å²) in [5.74, 6) is 0.964. The van der Waals surface area contributed by atoms with Crippen molar-refractivity contribution in [3.05, 3.63) is 45.8 Å². The molecule has 0 saturated heterocycles. The molecule has 0 unspecified atom stereocenters. The summed E-state index contributed by atoms with van der Waals surface area (Å²) in [5, 5.41) is 6.11. The number of aromatic nitrogens is 2. The summed E-state index contributed by atoms with van der Waals surface area (Å²) in [5.41, 5.74) is 2.09. The Kier molecular flexibility index (Phi) is 6.28. The van der Waals surface area contributed by atoms with E-state index in [0.29, 0.717) is 17.3 Å². The maximum absolute atomic E-state index is 12.5. The molecule has 0 aliphatic carbocycles. The van der Waals surface area contributed by atoms with E-state index in [1.54, 1.807) is 13.0 Å². The fourth-order valence-electron chi connectivity index (χ4n) is 2.14. The monoisotopic (exact) mass is 391 g/mol. The van der Waals surface area contributed by atoms with E-state index < -0.39 is 0 Å². The van der Waals surface area contributed by atoms with Gasteiger partial charge in [-0.05, 0) is 51.7 Å². The van der Waals surface area contributed by atoms with Crippen LogP contribution in [0.2, 0.25) is 0 Å². The minimum atomic E-state index is -0.249. The van der Waals surface area contributed by atoms with Crippen molar-refractivity contribution in [3.63, 3.8) is 0 Å². The number of benzene rings is 1. The Labute approximate surface area is 150 Å². The molecule has 0 saturated carbocycles. The molecule has 0 aliphatic heterocycles. The van der Waals surface area contributed by atoms with Gasteiger partial charge in [0.1, 0.15) is 17.3 Å². The van der Waals surface area contributed by atoms with Crippen molar-refractivity contribution in [2.24, 2.45) is 0 Å². The molecule has 24 heavy (non-hydrogen) atoms. The van der Waals surface area contributed by atoms with Gasteiger partial charge >= 0.3 is 0 Å². The van der Waals surface area contributed by atoms with Crippen molar-refractivity contribution in [1.29, 1.82) is 0 Å². The summed E-state index contributed by atoms with van der Waals surface area (Å²) in [6.07, 6.45) is 0. The molecule has 2 rings (SSSR count). The molecule has 0 bridgehead atoms. The molecular formula is C17H22BrN5O. The van der Waals surface area contributed by atoms with E-state index in [4.69, 9.17) is 0 Å². The zero-order valence-electron chi connectivity index (χ0n) is 14.4. The van der Waals surface area contributed by atoms with E-state index in [0.717, 1.165) is 28.8 Å². The second-order valence-corrected chi connectivity index (χ2v) is 6.74. The Balaban J connectivity index is 2.12. The first-order valence-electron chi connectivity index (χ1n) is 7.67. The zero-order chi connectivity index (χ0) is 17.7. The lowest BCUT2D eigenvalue weighted by Crippen LogP contribution is -2.22. The van der Waals surface area contributed by atoms with Gasteiger partial charge in [-0.15, -0.1) is 0 Å². The first-order valence-corrected chi connectivity index (χ1v) is 8.46. The summed E-state index contributed by atoms with van der Waals surface area (Å²) in [6, 6.07) is 7.38. The lowest BCUT2D eigenvalue weighted by molar-refractivity contribution is 0.102. The molecule has 6 nitrogen and oxygen atoms in total. The van der Waals surface area contributed by atoms with E-state index in [9.17, 15) is 4.79 Å². The van der Waals surface area contributed by atoms with Crippen LogP contribution in [0.3, 0.4) is 0 Å². The van der Waals surface area contributed by atoms with Gasteiger partial charge in [0, 0.05) is 29.3 Å². The Bertz CT molecular complexity index is 733. The van der Waals surface area contributed by atoms with Crippen LogP contribution in [0.15, 0.2) is 28.7 Å². The zero-order valence-corrected chi connectivity index (χ0v) is 15.9. The van der Waals surface area contributed by atoms with E-state index in [1.807, 2.05) is 39.2 Å². The number of nitrogens with zero attached hydrogens (tertiary/aromatic N) is 3. The molecule has 0 spiro atoms. The number of aryl methyl sites for hydroxylation is 2. The van der Waals surface area contributed by atoms with Crippen molar-refractivity contribution < 1.29 is 4.79 Å². The number of carbonyl (C=O) groups is 1. The highest BCUT2D eigenvalue weighted by Crippen LogP contribution is 2.20. The van der Waals surface area contributed by atoms with Crippen molar-refractivity contribution >= 4 is 33.3 Å². The summed E-state index contributed by atoms with van der Waals surface area (Å²) in [6.45, 7) is 5.34. The Hall–Kier alpha value is -1.99. The van der Waals surface area contributed by atoms with Gasteiger partial charge < -0.3 is 15.5 Å². The van der Waals surface area contributed by atoms with Gasteiger partial charge in [-0.2, -0.15) is 0 Å². The maximum Gasteiger partial charge on any atom is 0.274 e. The second-order valence-electron chi connectivity index (χ2n) is 5.83. The molecule has 1 aromatic carbocycles. The summed E-state index contributed by atoms with van der Waals surface area (Å²) < 4.78 is 0.975. The fourth-order valence-corrected chi connectivity index (χ4v) is 2.61. The Morgan fingerprint density at radius 3 is 2.62 bits per heavy atom. The first-order chi connectivity index (χ1) is 11.3. The third-order valence-electron chi connectivity index (χ3n) is 3.37. The van der Waals surface area contributed by atoms with Crippen LogP contribution in [0.25, 0.3) is 0 Å². The summed E-state index contributed by atoms with van der Waals surface area (Å²) in [4.78, 5) is 23.1. The molecular weight excluding hydrogens is 370 g/mol. The molecule has 1 heterocycles. The third kappa shape index (κ3) is 5.28. The lowest BCUT2D eigenvalue weighted by Gasteiger charge is -2.12. The number of anilines is 2. The van der Waals surface area contributed by atoms with Crippen molar-refractivity contribution in [3.8, 4) is 0 Å². The van der Waals surface area contributed by atoms with Gasteiger partial charge in [-0.3, -0.25) is 4.79 Å². The predicted molar refractivity (Wildman–Crippen MR) is 101 cm³/mol. The van der Waals surface area contributed by atoms with E-state index >= 15 is 0 Å². The number of carbonyl (C=O) groups excluding carboxylic acids is 1. The topological polar surface area (TPSA) is 70.2 Å². The summed E-state index contributed by atoms with van der Waals surface area (Å²) in [7, 11) is 4.01. The number of hydrogen-bond acceptors (Lipinski definition) is 5. The molecule has 0 radical (unpaired) electrons. The second kappa shape index (κ2) is 8.21. The van der Waals surface area contributed by atoms with Crippen LogP contribution in [-0.4, -0.2) is 48.0 Å². The first kappa shape index (κ1) is 18.4. The van der Waals surface area contributed by atoms with Crippen LogP contribution in [0.4, 0.5) is 11.5 Å². The molecule has 2 aromatic rings. The highest BCUT2D eigenvalue weighted by atomic mass is 79.9. The lowest BCUT2D eigenvalue weighted by atomic mass is 10.2. The minimum absolute atomic E-state index is 0.249. The molecule has 0 fully saturated rings. The normalized spacial score (nSPS) is 10.8. The van der Waals surface area contributed by atoms with Gasteiger partial charge in [0.2, 0.25) is 0 Å². The average molecular weight is 392 g/mol. The van der Waals surface area contributed by atoms with Gasteiger partial charge in [0.05, 0.1) is 0 Å². The summed E-state index contributed by atoms with van der Waals surface area (Å²) >= 11 is 3.42. The largest absolute Gasteiger partial charge is 0.369 e. The van der Waals surface area contributed by atoms with Crippen LogP contribution in [0.1, 0.15) is 21.9 Å². The van der Waals surface area contributed by atoms with Gasteiger partial charge in [-0.1, -0.05) is 15.9 Å². The van der Waals surface area contributed by atoms with E-state index in [1.165, 1.54) is 0 Å². The van der Waals surface area contributed by atoms with Crippen LogP contribution >= 0.6 is 15.9 Å². The highest BCUT2D eigenvalue weighted by Gasteiger charge is 2.12. The quantitative estimate of drug-likeness (QED) is 0.791. The van der Waals surface area contributed by atoms with Crippen LogP contribution < -0.4 is 10.6 Å². The van der Waals surface area contributed by atoms with Gasteiger partial charge in [0.15, 0.2) is 0 Å². The molecule has 7 heteroatoms. The van der Waals surface area contributed by atoms with E-state index in [2.05, 4.69) is 41.4 Å².